The van der Waals surface area contributed by atoms with Crippen molar-refractivity contribution < 1.29 is 10.2 Å². The van der Waals surface area contributed by atoms with E-state index in [9.17, 15) is 10.2 Å². The summed E-state index contributed by atoms with van der Waals surface area (Å²) in [5.74, 6) is 0.113. The van der Waals surface area contributed by atoms with Crippen LogP contribution in [0.2, 0.25) is 0 Å². The van der Waals surface area contributed by atoms with Crippen LogP contribution in [-0.2, 0) is 0 Å². The number of nitrogens with zero attached hydrogens (tertiary/aromatic N) is 2. The first-order chi connectivity index (χ1) is 9.74. The van der Waals surface area contributed by atoms with E-state index in [0.717, 1.165) is 11.0 Å². The van der Waals surface area contributed by atoms with Crippen LogP contribution in [-0.4, -0.2) is 26.4 Å². The lowest BCUT2D eigenvalue weighted by atomic mass is 10.2. The van der Waals surface area contributed by atoms with E-state index in [1.807, 2.05) is 24.3 Å². The first-order valence-electron chi connectivity index (χ1n) is 5.99. The van der Waals surface area contributed by atoms with E-state index in [1.165, 1.54) is 12.3 Å². The molecule has 0 bridgehead atoms. The topological polar surface area (TPSA) is 93.5 Å². The third-order valence-corrected chi connectivity index (χ3v) is 2.81. The number of phenols is 2. The number of hydrogen-bond acceptors (Lipinski definition) is 5. The molecule has 0 fully saturated rings. The number of hydrogen-bond donors (Lipinski definition) is 4. The molecule has 1 heterocycles. The van der Waals surface area contributed by atoms with Crippen LogP contribution in [0.1, 0.15) is 5.56 Å². The Labute approximate surface area is 114 Å². The van der Waals surface area contributed by atoms with Gasteiger partial charge in [0.1, 0.15) is 0 Å². The zero-order valence-corrected chi connectivity index (χ0v) is 10.4. The summed E-state index contributed by atoms with van der Waals surface area (Å²) < 4.78 is 0. The Bertz CT molecular complexity index is 747. The summed E-state index contributed by atoms with van der Waals surface area (Å²) in [6.45, 7) is 0. The predicted octanol–water partition coefficient (Wildman–Crippen LogP) is 2.42. The highest BCUT2D eigenvalue weighted by Crippen LogP contribution is 2.26. The van der Waals surface area contributed by atoms with Crippen molar-refractivity contribution in [3.05, 3.63) is 48.0 Å². The molecule has 0 aliphatic heterocycles. The molecule has 0 unspecified atom stereocenters. The van der Waals surface area contributed by atoms with E-state index in [1.54, 1.807) is 12.1 Å². The minimum atomic E-state index is -0.206. The van der Waals surface area contributed by atoms with Gasteiger partial charge in [0, 0.05) is 5.56 Å². The van der Waals surface area contributed by atoms with E-state index < -0.39 is 0 Å². The quantitative estimate of drug-likeness (QED) is 0.333. The fourth-order valence-corrected chi connectivity index (χ4v) is 1.82. The number of aromatic nitrogens is 2. The van der Waals surface area contributed by atoms with Crippen molar-refractivity contribution in [2.75, 3.05) is 5.43 Å². The standard InChI is InChI=1S/C14H12N4O2/c19-12-7-3-4-9(13(12)20)8-15-18-14-16-10-5-1-2-6-11(10)17-14/h1-8,19-20H,(H2,16,17,18)/b15-8-. The smallest absolute Gasteiger partial charge is 0.222 e. The van der Waals surface area contributed by atoms with Gasteiger partial charge >= 0.3 is 0 Å². The number of fused-ring (bicyclic) bond motifs is 1. The molecule has 0 saturated heterocycles. The Hall–Kier alpha value is -3.02. The number of benzene rings is 2. The minimum absolute atomic E-state index is 0.183. The predicted molar refractivity (Wildman–Crippen MR) is 77.1 cm³/mol. The molecule has 3 aromatic rings. The van der Waals surface area contributed by atoms with Crippen LogP contribution in [0.5, 0.6) is 11.5 Å². The second kappa shape index (κ2) is 4.93. The summed E-state index contributed by atoms with van der Waals surface area (Å²) in [5.41, 5.74) is 4.90. The fourth-order valence-electron chi connectivity index (χ4n) is 1.82. The van der Waals surface area contributed by atoms with Crippen molar-refractivity contribution in [2.45, 2.75) is 0 Å². The van der Waals surface area contributed by atoms with Crippen molar-refractivity contribution >= 4 is 23.2 Å². The summed E-state index contributed by atoms with van der Waals surface area (Å²) in [4.78, 5) is 7.35. The monoisotopic (exact) mass is 268 g/mol. The Morgan fingerprint density at radius 3 is 2.80 bits per heavy atom. The number of hydrazone groups is 1. The van der Waals surface area contributed by atoms with Crippen molar-refractivity contribution in [3.8, 4) is 11.5 Å². The second-order valence-corrected chi connectivity index (χ2v) is 4.19. The number of imidazole rings is 1. The fraction of sp³-hybridized carbons (Fsp3) is 0. The number of aromatic hydroxyl groups is 2. The van der Waals surface area contributed by atoms with Gasteiger partial charge in [-0.3, -0.25) is 0 Å². The molecule has 20 heavy (non-hydrogen) atoms. The highest BCUT2D eigenvalue weighted by atomic mass is 16.3. The Morgan fingerprint density at radius 1 is 1.10 bits per heavy atom. The molecule has 6 heteroatoms. The molecule has 6 nitrogen and oxygen atoms in total. The normalized spacial score (nSPS) is 11.2. The SMILES string of the molecule is Oc1cccc(/C=N\Nc2nc3ccccc3[nH]2)c1O. The van der Waals surface area contributed by atoms with Gasteiger partial charge in [0.05, 0.1) is 17.2 Å². The highest BCUT2D eigenvalue weighted by Gasteiger charge is 2.03. The van der Waals surface area contributed by atoms with Gasteiger partial charge in [-0.05, 0) is 24.3 Å². The Morgan fingerprint density at radius 2 is 1.95 bits per heavy atom. The lowest BCUT2D eigenvalue weighted by Crippen LogP contribution is -1.92. The zero-order valence-electron chi connectivity index (χ0n) is 10.4. The third kappa shape index (κ3) is 2.26. The van der Waals surface area contributed by atoms with Crippen LogP contribution >= 0.6 is 0 Å². The number of anilines is 1. The summed E-state index contributed by atoms with van der Waals surface area (Å²) in [6.07, 6.45) is 1.40. The summed E-state index contributed by atoms with van der Waals surface area (Å²) in [7, 11) is 0. The molecule has 0 aliphatic carbocycles. The highest BCUT2D eigenvalue weighted by molar-refractivity contribution is 5.85. The van der Waals surface area contributed by atoms with Gasteiger partial charge in [-0.1, -0.05) is 18.2 Å². The molecule has 0 aliphatic rings. The molecule has 2 aromatic carbocycles. The van der Waals surface area contributed by atoms with Crippen molar-refractivity contribution in [1.29, 1.82) is 0 Å². The number of H-pyrrole nitrogens is 1. The molecule has 3 rings (SSSR count). The maximum atomic E-state index is 9.62. The average Bonchev–Trinajstić information content (AvgIpc) is 2.86. The maximum absolute atomic E-state index is 9.62. The van der Waals surface area contributed by atoms with Crippen LogP contribution < -0.4 is 5.43 Å². The largest absolute Gasteiger partial charge is 0.504 e. The molecule has 100 valence electrons. The summed E-state index contributed by atoms with van der Waals surface area (Å²) in [6, 6.07) is 12.3. The number of rotatable bonds is 3. The molecular formula is C14H12N4O2. The van der Waals surface area contributed by atoms with E-state index in [-0.39, 0.29) is 11.5 Å². The Kier molecular flexibility index (Phi) is 2.96. The number of nitrogens with one attached hydrogen (secondary N) is 2. The maximum Gasteiger partial charge on any atom is 0.222 e. The number of phenolic OH excluding ortho intramolecular Hbond substituents is 2. The zero-order chi connectivity index (χ0) is 13.9. The van der Waals surface area contributed by atoms with Crippen LogP contribution in [0, 0.1) is 0 Å². The van der Waals surface area contributed by atoms with Crippen LogP contribution in [0.15, 0.2) is 47.6 Å². The first-order valence-corrected chi connectivity index (χ1v) is 5.99. The number of para-hydroxylation sites is 3. The lowest BCUT2D eigenvalue weighted by molar-refractivity contribution is 0.403. The van der Waals surface area contributed by atoms with Gasteiger partial charge in [-0.25, -0.2) is 10.4 Å². The molecule has 0 saturated carbocycles. The van der Waals surface area contributed by atoms with Gasteiger partial charge in [-0.15, -0.1) is 0 Å². The molecule has 4 N–H and O–H groups in total. The van der Waals surface area contributed by atoms with Crippen molar-refractivity contribution in [1.82, 2.24) is 9.97 Å². The molecule has 1 aromatic heterocycles. The Balaban J connectivity index is 1.78. The number of aromatic amines is 1. The van der Waals surface area contributed by atoms with Crippen molar-refractivity contribution in [3.63, 3.8) is 0 Å². The van der Waals surface area contributed by atoms with E-state index >= 15 is 0 Å². The van der Waals surface area contributed by atoms with Gasteiger partial charge in [0.2, 0.25) is 5.95 Å². The van der Waals surface area contributed by atoms with Crippen molar-refractivity contribution in [2.24, 2.45) is 5.10 Å². The average molecular weight is 268 g/mol. The molecule has 0 radical (unpaired) electrons. The molecule has 0 atom stereocenters. The van der Waals surface area contributed by atoms with Crippen LogP contribution in [0.25, 0.3) is 11.0 Å². The van der Waals surface area contributed by atoms with E-state index in [2.05, 4.69) is 20.5 Å². The van der Waals surface area contributed by atoms with Crippen LogP contribution in [0.4, 0.5) is 5.95 Å². The van der Waals surface area contributed by atoms with E-state index in [0.29, 0.717) is 11.5 Å². The lowest BCUT2D eigenvalue weighted by Gasteiger charge is -2.00. The molecule has 0 spiro atoms. The minimum Gasteiger partial charge on any atom is -0.504 e. The van der Waals surface area contributed by atoms with Gasteiger partial charge in [0.15, 0.2) is 11.5 Å². The second-order valence-electron chi connectivity index (χ2n) is 4.19. The molecular weight excluding hydrogens is 256 g/mol. The molecule has 0 amide bonds. The third-order valence-electron chi connectivity index (χ3n) is 2.81. The van der Waals surface area contributed by atoms with E-state index in [4.69, 9.17) is 0 Å². The summed E-state index contributed by atoms with van der Waals surface area (Å²) >= 11 is 0. The first kappa shape index (κ1) is 12.0. The van der Waals surface area contributed by atoms with Gasteiger partial charge in [0.25, 0.3) is 0 Å². The van der Waals surface area contributed by atoms with Gasteiger partial charge < -0.3 is 15.2 Å². The summed E-state index contributed by atoms with van der Waals surface area (Å²) in [5, 5.41) is 22.9. The van der Waals surface area contributed by atoms with Crippen LogP contribution in [0.3, 0.4) is 0 Å². The van der Waals surface area contributed by atoms with Gasteiger partial charge in [-0.2, -0.15) is 5.10 Å².